The molecule has 0 saturated carbocycles. The van der Waals surface area contributed by atoms with Crippen LogP contribution in [0.4, 0.5) is 24.9 Å². The number of nitrogens with zero attached hydrogens (tertiary/aromatic N) is 3. The van der Waals surface area contributed by atoms with Gasteiger partial charge >= 0.3 is 6.18 Å². The summed E-state index contributed by atoms with van der Waals surface area (Å²) >= 11 is 0. The third-order valence-corrected chi connectivity index (χ3v) is 5.75. The Morgan fingerprint density at radius 2 is 1.91 bits per heavy atom. The zero-order valence-corrected chi connectivity index (χ0v) is 13.1. The molecule has 0 aromatic carbocycles. The van der Waals surface area contributed by atoms with Gasteiger partial charge in [-0.15, -0.1) is 0 Å². The summed E-state index contributed by atoms with van der Waals surface area (Å²) < 4.78 is 62.1. The van der Waals surface area contributed by atoms with Crippen molar-refractivity contribution in [2.45, 2.75) is 31.5 Å². The summed E-state index contributed by atoms with van der Waals surface area (Å²) in [5.41, 5.74) is -1.02. The van der Waals surface area contributed by atoms with Gasteiger partial charge < -0.3 is 10.2 Å². The van der Waals surface area contributed by atoms with Crippen LogP contribution in [0.3, 0.4) is 0 Å². The maximum absolute atomic E-state index is 13.0. The quantitative estimate of drug-likeness (QED) is 0.894. The third-order valence-electron chi connectivity index (χ3n) is 3.98. The Hall–Kier alpha value is -1.58. The molecule has 1 N–H and O–H groups in total. The lowest BCUT2D eigenvalue weighted by Crippen LogP contribution is -2.25. The van der Waals surface area contributed by atoms with Gasteiger partial charge in [-0.25, -0.2) is 13.4 Å². The minimum atomic E-state index is -4.57. The molecule has 2 fully saturated rings. The highest BCUT2D eigenvalue weighted by Gasteiger charge is 2.35. The lowest BCUT2D eigenvalue weighted by Gasteiger charge is -2.19. The third kappa shape index (κ3) is 3.85. The standard InChI is InChI=1S/C13H17F3N4O2S/c14-13(15,16)10-7-11(17-9-3-6-23(21,22)8-9)19-12(18-10)20-4-1-2-5-20/h7,9H,1-6,8H2,(H,17,18,19). The molecule has 0 radical (unpaired) electrons. The van der Waals surface area contributed by atoms with Crippen molar-refractivity contribution in [2.75, 3.05) is 34.8 Å². The molecule has 0 aliphatic carbocycles. The molecular weight excluding hydrogens is 333 g/mol. The molecule has 1 atom stereocenters. The molecular formula is C13H17F3N4O2S. The van der Waals surface area contributed by atoms with E-state index < -0.39 is 27.7 Å². The summed E-state index contributed by atoms with van der Waals surface area (Å²) in [6.45, 7) is 1.25. The Labute approximate surface area is 132 Å². The lowest BCUT2D eigenvalue weighted by atomic mass is 10.2. The highest BCUT2D eigenvalue weighted by atomic mass is 32.2. The number of sulfone groups is 1. The normalized spacial score (nSPS) is 24.1. The van der Waals surface area contributed by atoms with E-state index in [2.05, 4.69) is 15.3 Å². The lowest BCUT2D eigenvalue weighted by molar-refractivity contribution is -0.141. The maximum atomic E-state index is 13.0. The van der Waals surface area contributed by atoms with Crippen molar-refractivity contribution in [3.05, 3.63) is 11.8 Å². The Bertz CT molecular complexity index is 687. The van der Waals surface area contributed by atoms with E-state index in [9.17, 15) is 21.6 Å². The molecule has 1 aromatic rings. The minimum absolute atomic E-state index is 0.0244. The van der Waals surface area contributed by atoms with Gasteiger partial charge in [0.1, 0.15) is 5.82 Å². The Morgan fingerprint density at radius 3 is 2.48 bits per heavy atom. The molecule has 23 heavy (non-hydrogen) atoms. The van der Waals surface area contributed by atoms with E-state index in [0.717, 1.165) is 18.9 Å². The van der Waals surface area contributed by atoms with Crippen molar-refractivity contribution >= 4 is 21.6 Å². The SMILES string of the molecule is O=S1(=O)CCC(Nc2cc(C(F)(F)F)nc(N3CCCC3)n2)C1. The number of aromatic nitrogens is 2. The Kier molecular flexibility index (Phi) is 4.11. The van der Waals surface area contributed by atoms with Crippen molar-refractivity contribution < 1.29 is 21.6 Å². The van der Waals surface area contributed by atoms with Gasteiger partial charge in [0.2, 0.25) is 5.95 Å². The second-order valence-corrected chi connectivity index (χ2v) is 8.10. The van der Waals surface area contributed by atoms with Crippen molar-refractivity contribution in [3.8, 4) is 0 Å². The summed E-state index contributed by atoms with van der Waals surface area (Å²) in [4.78, 5) is 9.48. The van der Waals surface area contributed by atoms with Gasteiger partial charge in [-0.2, -0.15) is 18.2 Å². The summed E-state index contributed by atoms with van der Waals surface area (Å²) in [5, 5.41) is 2.82. The van der Waals surface area contributed by atoms with Crippen molar-refractivity contribution in [2.24, 2.45) is 0 Å². The molecule has 0 bridgehead atoms. The molecule has 6 nitrogen and oxygen atoms in total. The fourth-order valence-electron chi connectivity index (χ4n) is 2.83. The number of rotatable bonds is 3. The molecule has 3 rings (SSSR count). The zero-order chi connectivity index (χ0) is 16.7. The second kappa shape index (κ2) is 5.81. The van der Waals surface area contributed by atoms with E-state index in [0.29, 0.717) is 19.5 Å². The molecule has 0 amide bonds. The van der Waals surface area contributed by atoms with Crippen molar-refractivity contribution in [1.82, 2.24) is 9.97 Å². The van der Waals surface area contributed by atoms with Crippen LogP contribution in [-0.2, 0) is 16.0 Å². The molecule has 128 valence electrons. The average molecular weight is 350 g/mol. The van der Waals surface area contributed by atoms with Gasteiger partial charge in [0.05, 0.1) is 11.5 Å². The molecule has 2 aliphatic heterocycles. The first kappa shape index (κ1) is 16.3. The average Bonchev–Trinajstić information content (AvgIpc) is 3.07. The van der Waals surface area contributed by atoms with Gasteiger partial charge in [0, 0.05) is 25.2 Å². The summed E-state index contributed by atoms with van der Waals surface area (Å²) in [6, 6.07) is 0.423. The smallest absolute Gasteiger partial charge is 0.366 e. The Balaban J connectivity index is 1.87. The van der Waals surface area contributed by atoms with E-state index in [1.54, 1.807) is 4.90 Å². The number of hydrogen-bond donors (Lipinski definition) is 1. The van der Waals surface area contributed by atoms with Crippen molar-refractivity contribution in [3.63, 3.8) is 0 Å². The van der Waals surface area contributed by atoms with Gasteiger partial charge in [0.25, 0.3) is 0 Å². The van der Waals surface area contributed by atoms with Crippen LogP contribution in [0, 0.1) is 0 Å². The predicted molar refractivity (Wildman–Crippen MR) is 79.2 cm³/mol. The topological polar surface area (TPSA) is 75.2 Å². The van der Waals surface area contributed by atoms with E-state index in [-0.39, 0.29) is 23.3 Å². The minimum Gasteiger partial charge on any atom is -0.366 e. The monoisotopic (exact) mass is 350 g/mol. The van der Waals surface area contributed by atoms with Crippen LogP contribution in [0.25, 0.3) is 0 Å². The summed E-state index contributed by atoms with van der Waals surface area (Å²) in [6.07, 6.45) is -2.42. The van der Waals surface area contributed by atoms with Gasteiger partial charge in [-0.1, -0.05) is 0 Å². The largest absolute Gasteiger partial charge is 0.433 e. The number of hydrogen-bond acceptors (Lipinski definition) is 6. The van der Waals surface area contributed by atoms with Gasteiger partial charge in [-0.3, -0.25) is 0 Å². The molecule has 10 heteroatoms. The first-order valence-electron chi connectivity index (χ1n) is 7.41. The number of nitrogens with one attached hydrogen (secondary N) is 1. The molecule has 1 aromatic heterocycles. The van der Waals surface area contributed by atoms with Crippen LogP contribution in [0.15, 0.2) is 6.07 Å². The fraction of sp³-hybridized carbons (Fsp3) is 0.692. The molecule has 2 saturated heterocycles. The van der Waals surface area contributed by atoms with Crippen LogP contribution < -0.4 is 10.2 Å². The molecule has 2 aliphatic rings. The second-order valence-electron chi connectivity index (χ2n) is 5.87. The van der Waals surface area contributed by atoms with Gasteiger partial charge in [-0.05, 0) is 19.3 Å². The predicted octanol–water partition coefficient (Wildman–Crippen LogP) is 1.69. The van der Waals surface area contributed by atoms with Crippen molar-refractivity contribution in [1.29, 1.82) is 0 Å². The van der Waals surface area contributed by atoms with E-state index in [1.807, 2.05) is 0 Å². The summed E-state index contributed by atoms with van der Waals surface area (Å²) in [5.74, 6) is 0.0233. The molecule has 0 spiro atoms. The zero-order valence-electron chi connectivity index (χ0n) is 12.3. The van der Waals surface area contributed by atoms with E-state index in [1.165, 1.54) is 0 Å². The number of alkyl halides is 3. The first-order chi connectivity index (χ1) is 10.7. The van der Waals surface area contributed by atoms with Crippen LogP contribution >= 0.6 is 0 Å². The molecule has 1 unspecified atom stereocenters. The highest BCUT2D eigenvalue weighted by Crippen LogP contribution is 2.31. The van der Waals surface area contributed by atoms with E-state index >= 15 is 0 Å². The number of halogens is 3. The Morgan fingerprint density at radius 1 is 1.22 bits per heavy atom. The van der Waals surface area contributed by atoms with Gasteiger partial charge in [0.15, 0.2) is 15.5 Å². The molecule has 3 heterocycles. The number of anilines is 2. The highest BCUT2D eigenvalue weighted by molar-refractivity contribution is 7.91. The van der Waals surface area contributed by atoms with E-state index in [4.69, 9.17) is 0 Å². The summed E-state index contributed by atoms with van der Waals surface area (Å²) in [7, 11) is -3.12. The van der Waals surface area contributed by atoms with Crippen LogP contribution in [0.1, 0.15) is 25.0 Å². The first-order valence-corrected chi connectivity index (χ1v) is 9.23. The fourth-order valence-corrected chi connectivity index (χ4v) is 4.50. The van der Waals surface area contributed by atoms with Crippen LogP contribution in [0.2, 0.25) is 0 Å². The van der Waals surface area contributed by atoms with Crippen LogP contribution in [0.5, 0.6) is 0 Å². The maximum Gasteiger partial charge on any atom is 0.433 e. The van der Waals surface area contributed by atoms with Crippen LogP contribution in [-0.4, -0.2) is 49.0 Å².